The third-order valence-corrected chi connectivity index (χ3v) is 9.70. The molecule has 37 heavy (non-hydrogen) atoms. The molecule has 2 N–H and O–H groups in total. The van der Waals surface area contributed by atoms with Gasteiger partial charge in [-0.05, 0) is 108 Å². The Hall–Kier alpha value is -1.62. The lowest BCUT2D eigenvalue weighted by atomic mass is 9.60. The third-order valence-electron chi connectivity index (χ3n) is 9.70. The van der Waals surface area contributed by atoms with Gasteiger partial charge in [0.15, 0.2) is 0 Å². The van der Waals surface area contributed by atoms with Gasteiger partial charge in [-0.1, -0.05) is 75.5 Å². The quantitative estimate of drug-likeness (QED) is 0.321. The molecule has 1 aliphatic carbocycles. The predicted molar refractivity (Wildman–Crippen MR) is 158 cm³/mol. The molecule has 0 saturated heterocycles. The number of benzene rings is 2. The van der Waals surface area contributed by atoms with E-state index in [0.717, 1.165) is 51.4 Å². The summed E-state index contributed by atoms with van der Waals surface area (Å²) in [6.45, 7) is 18.5. The predicted octanol–water partition coefficient (Wildman–Crippen LogP) is 7.04. The Kier molecular flexibility index (Phi) is 9.10. The Labute approximate surface area is 227 Å². The highest BCUT2D eigenvalue weighted by Gasteiger charge is 2.39. The van der Waals surface area contributed by atoms with Gasteiger partial charge in [-0.2, -0.15) is 0 Å². The summed E-state index contributed by atoms with van der Waals surface area (Å²) in [6, 6.07) is 13.9. The molecule has 2 aromatic rings. The van der Waals surface area contributed by atoms with Crippen LogP contribution in [0.25, 0.3) is 0 Å². The molecule has 0 spiro atoms. The molecular weight excluding hydrogens is 455 g/mol. The van der Waals surface area contributed by atoms with Gasteiger partial charge in [-0.25, -0.2) is 0 Å². The first-order valence-corrected chi connectivity index (χ1v) is 14.5. The van der Waals surface area contributed by atoms with Crippen LogP contribution in [-0.4, -0.2) is 33.9 Å². The van der Waals surface area contributed by atoms with Crippen molar-refractivity contribution in [2.75, 3.05) is 0 Å². The maximum absolute atomic E-state index is 10.8. The summed E-state index contributed by atoms with van der Waals surface area (Å²) in [7, 11) is 0. The topological polar surface area (TPSA) is 49.7 Å². The largest absolute Gasteiger partial charge is 0.423 e. The lowest BCUT2D eigenvalue weighted by molar-refractivity contribution is -0.0918. The Morgan fingerprint density at radius 3 is 1.92 bits per heavy atom. The summed E-state index contributed by atoms with van der Waals surface area (Å²) in [4.78, 5) is 0. The van der Waals surface area contributed by atoms with Crippen LogP contribution in [0, 0.1) is 13.8 Å². The molecule has 204 valence electrons. The van der Waals surface area contributed by atoms with Gasteiger partial charge in [0.05, 0.1) is 16.8 Å². The Morgan fingerprint density at radius 2 is 1.43 bits per heavy atom. The first kappa shape index (κ1) is 29.9. The summed E-state index contributed by atoms with van der Waals surface area (Å²) in [5.41, 5.74) is 5.69. The summed E-state index contributed by atoms with van der Waals surface area (Å²) in [5.74, 6) is 0. The summed E-state index contributed by atoms with van der Waals surface area (Å²) in [5, 5.41) is 21.4. The molecule has 2 aromatic carbocycles. The highest BCUT2D eigenvalue weighted by atomic mass is 16.5. The number of hydrogen-bond donors (Lipinski definition) is 2. The van der Waals surface area contributed by atoms with E-state index in [1.54, 1.807) is 13.8 Å². The van der Waals surface area contributed by atoms with Crippen molar-refractivity contribution in [3.63, 3.8) is 0 Å². The third kappa shape index (κ3) is 6.35. The number of aliphatic hydroxyl groups is 2. The van der Waals surface area contributed by atoms with E-state index in [-0.39, 0.29) is 12.3 Å². The number of aryl methyl sites for hydroxylation is 3. The van der Waals surface area contributed by atoms with Crippen molar-refractivity contribution in [3.8, 4) is 0 Å². The zero-order chi connectivity index (χ0) is 27.6. The molecular formula is C33H51BO3. The van der Waals surface area contributed by atoms with Gasteiger partial charge < -0.3 is 14.9 Å². The fraction of sp³-hybridized carbons (Fsp3) is 0.636. The van der Waals surface area contributed by atoms with Crippen LogP contribution >= 0.6 is 0 Å². The molecule has 4 heteroatoms. The molecule has 0 unspecified atom stereocenters. The van der Waals surface area contributed by atoms with Gasteiger partial charge in [-0.3, -0.25) is 0 Å². The van der Waals surface area contributed by atoms with E-state index in [0.29, 0.717) is 0 Å². The monoisotopic (exact) mass is 506 g/mol. The molecule has 1 aliphatic rings. The molecule has 0 aromatic heterocycles. The van der Waals surface area contributed by atoms with Crippen molar-refractivity contribution in [2.24, 2.45) is 0 Å². The van der Waals surface area contributed by atoms with E-state index in [9.17, 15) is 10.2 Å². The maximum atomic E-state index is 10.8. The van der Waals surface area contributed by atoms with Crippen molar-refractivity contribution in [1.82, 2.24) is 0 Å². The molecule has 0 radical (unpaired) electrons. The minimum atomic E-state index is -0.937. The van der Waals surface area contributed by atoms with Crippen LogP contribution in [0.2, 0.25) is 6.82 Å². The van der Waals surface area contributed by atoms with E-state index in [2.05, 4.69) is 70.9 Å². The minimum absolute atomic E-state index is 0.0489. The normalized spacial score (nSPS) is 16.3. The van der Waals surface area contributed by atoms with Crippen molar-refractivity contribution >= 4 is 12.4 Å². The Bertz CT molecular complexity index is 1060. The van der Waals surface area contributed by atoms with Gasteiger partial charge in [0.25, 0.3) is 0 Å². The van der Waals surface area contributed by atoms with Crippen LogP contribution in [0.15, 0.2) is 36.4 Å². The number of hydrogen-bond acceptors (Lipinski definition) is 3. The van der Waals surface area contributed by atoms with Crippen molar-refractivity contribution in [3.05, 3.63) is 64.2 Å². The van der Waals surface area contributed by atoms with Crippen molar-refractivity contribution in [2.45, 2.75) is 136 Å². The van der Waals surface area contributed by atoms with Crippen LogP contribution in [0.5, 0.6) is 0 Å². The van der Waals surface area contributed by atoms with Gasteiger partial charge in [0, 0.05) is 5.41 Å². The molecule has 0 aliphatic heterocycles. The summed E-state index contributed by atoms with van der Waals surface area (Å²) < 4.78 is 6.36. The average Bonchev–Trinajstić information content (AvgIpc) is 3.25. The fourth-order valence-corrected chi connectivity index (χ4v) is 6.24. The lowest BCUT2D eigenvalue weighted by Gasteiger charge is -2.39. The standard InChI is InChI=1S/C33H51BO3/c1-10-33(11-2,27-15-14-26(24(3)22-27)18-21-32(36)19-12-13-20-32)28-16-17-29(25(4)23-28)34(9)37-31(7,8)30(5,6)35/h14-17,22-23,35-36H,10-13,18-21H2,1-9H3. The highest BCUT2D eigenvalue weighted by Crippen LogP contribution is 2.40. The average molecular weight is 507 g/mol. The van der Waals surface area contributed by atoms with E-state index in [1.165, 1.54) is 33.3 Å². The Morgan fingerprint density at radius 1 is 0.892 bits per heavy atom. The lowest BCUT2D eigenvalue weighted by Crippen LogP contribution is -2.52. The summed E-state index contributed by atoms with van der Waals surface area (Å²) >= 11 is 0. The van der Waals surface area contributed by atoms with E-state index in [1.807, 2.05) is 13.8 Å². The molecule has 0 atom stereocenters. The van der Waals surface area contributed by atoms with E-state index >= 15 is 0 Å². The van der Waals surface area contributed by atoms with Gasteiger partial charge >= 0.3 is 6.92 Å². The van der Waals surface area contributed by atoms with Crippen LogP contribution in [0.3, 0.4) is 0 Å². The minimum Gasteiger partial charge on any atom is -0.423 e. The molecule has 1 fully saturated rings. The molecule has 3 nitrogen and oxygen atoms in total. The second kappa shape index (κ2) is 11.2. The highest BCUT2D eigenvalue weighted by molar-refractivity contribution is 6.66. The summed E-state index contributed by atoms with van der Waals surface area (Å²) in [6.07, 6.45) is 8.08. The van der Waals surface area contributed by atoms with Crippen LogP contribution in [0.4, 0.5) is 0 Å². The first-order valence-electron chi connectivity index (χ1n) is 14.5. The maximum Gasteiger partial charge on any atom is 0.324 e. The van der Waals surface area contributed by atoms with E-state index in [4.69, 9.17) is 4.65 Å². The molecule has 1 saturated carbocycles. The number of rotatable bonds is 11. The zero-order valence-corrected chi connectivity index (χ0v) is 25.0. The molecule has 0 bridgehead atoms. The molecule has 0 amide bonds. The van der Waals surface area contributed by atoms with Gasteiger partial charge in [0.2, 0.25) is 0 Å². The Balaban J connectivity index is 1.87. The molecule has 0 heterocycles. The first-order chi connectivity index (χ1) is 17.2. The second-order valence-electron chi connectivity index (χ2n) is 12.8. The molecule has 3 rings (SSSR count). The van der Waals surface area contributed by atoms with E-state index < -0.39 is 16.8 Å². The van der Waals surface area contributed by atoms with Gasteiger partial charge in [-0.15, -0.1) is 0 Å². The SMILES string of the molecule is CCC(CC)(c1ccc(CCC2(O)CCCC2)c(C)c1)c1ccc(B(C)OC(C)(C)C(C)(C)O)c(C)c1. The van der Waals surface area contributed by atoms with Crippen molar-refractivity contribution in [1.29, 1.82) is 0 Å². The van der Waals surface area contributed by atoms with Crippen LogP contribution < -0.4 is 5.46 Å². The second-order valence-corrected chi connectivity index (χ2v) is 12.8. The van der Waals surface area contributed by atoms with Crippen molar-refractivity contribution < 1.29 is 14.9 Å². The zero-order valence-electron chi connectivity index (χ0n) is 25.0. The fourth-order valence-electron chi connectivity index (χ4n) is 6.24. The van der Waals surface area contributed by atoms with Gasteiger partial charge in [0.1, 0.15) is 0 Å². The van der Waals surface area contributed by atoms with Crippen LogP contribution in [0.1, 0.15) is 114 Å². The van der Waals surface area contributed by atoms with Crippen LogP contribution in [-0.2, 0) is 16.5 Å². The smallest absolute Gasteiger partial charge is 0.324 e.